The van der Waals surface area contributed by atoms with Crippen molar-refractivity contribution in [3.8, 4) is 0 Å². The number of halogens is 1. The van der Waals surface area contributed by atoms with Gasteiger partial charge in [-0.05, 0) is 30.2 Å². The van der Waals surface area contributed by atoms with Crippen molar-refractivity contribution in [3.05, 3.63) is 59.1 Å². The van der Waals surface area contributed by atoms with Crippen LogP contribution in [0, 0.1) is 5.92 Å². The van der Waals surface area contributed by atoms with Crippen LogP contribution in [-0.2, 0) is 11.2 Å². The number of rotatable bonds is 2. The average molecular weight is 287 g/mol. The van der Waals surface area contributed by atoms with Crippen molar-refractivity contribution in [1.82, 2.24) is 0 Å². The summed E-state index contributed by atoms with van der Waals surface area (Å²) in [5, 5.41) is 6.76. The maximum absolute atomic E-state index is 12.3. The van der Waals surface area contributed by atoms with E-state index in [1.165, 1.54) is 5.56 Å². The van der Waals surface area contributed by atoms with Gasteiger partial charge in [0, 0.05) is 12.2 Å². The Morgan fingerprint density at radius 3 is 2.75 bits per heavy atom. The maximum Gasteiger partial charge on any atom is 0.229 e. The second-order valence-corrected chi connectivity index (χ2v) is 5.32. The van der Waals surface area contributed by atoms with E-state index in [9.17, 15) is 4.79 Å². The number of amides is 1. The Balaban J connectivity index is 1.72. The van der Waals surface area contributed by atoms with E-state index in [2.05, 4.69) is 16.7 Å². The zero-order chi connectivity index (χ0) is 13.9. The molecule has 0 bridgehead atoms. The van der Waals surface area contributed by atoms with Gasteiger partial charge in [-0.2, -0.15) is 0 Å². The van der Waals surface area contributed by atoms with Crippen LogP contribution in [0.1, 0.15) is 5.56 Å². The third-order valence-corrected chi connectivity index (χ3v) is 3.85. The minimum Gasteiger partial charge on any atom is -0.384 e. The summed E-state index contributed by atoms with van der Waals surface area (Å²) in [6, 6.07) is 15.4. The molecule has 20 heavy (non-hydrogen) atoms. The van der Waals surface area contributed by atoms with Crippen LogP contribution in [-0.4, -0.2) is 12.5 Å². The fraction of sp³-hybridized carbons (Fsp3) is 0.188. The lowest BCUT2D eigenvalue weighted by atomic mass is 9.93. The van der Waals surface area contributed by atoms with Crippen LogP contribution in [0.4, 0.5) is 11.4 Å². The largest absolute Gasteiger partial charge is 0.384 e. The van der Waals surface area contributed by atoms with Crippen LogP contribution in [0.5, 0.6) is 0 Å². The van der Waals surface area contributed by atoms with Crippen molar-refractivity contribution in [3.63, 3.8) is 0 Å². The van der Waals surface area contributed by atoms with E-state index in [0.717, 1.165) is 12.1 Å². The van der Waals surface area contributed by atoms with E-state index in [-0.39, 0.29) is 11.8 Å². The van der Waals surface area contributed by atoms with Crippen LogP contribution >= 0.6 is 11.6 Å². The van der Waals surface area contributed by atoms with E-state index in [1.54, 1.807) is 6.07 Å². The van der Waals surface area contributed by atoms with Crippen molar-refractivity contribution in [2.24, 2.45) is 5.92 Å². The van der Waals surface area contributed by atoms with E-state index in [0.29, 0.717) is 17.3 Å². The Kier molecular flexibility index (Phi) is 3.61. The predicted molar refractivity (Wildman–Crippen MR) is 82.2 cm³/mol. The fourth-order valence-corrected chi connectivity index (χ4v) is 2.61. The van der Waals surface area contributed by atoms with Gasteiger partial charge in [0.2, 0.25) is 5.91 Å². The first-order chi connectivity index (χ1) is 9.74. The van der Waals surface area contributed by atoms with Crippen LogP contribution in [0.3, 0.4) is 0 Å². The SMILES string of the molecule is O=C(Nc1ccccc1Cl)C1CNc2ccccc2C1. The zero-order valence-electron chi connectivity index (χ0n) is 10.9. The van der Waals surface area contributed by atoms with Gasteiger partial charge in [-0.15, -0.1) is 0 Å². The molecule has 3 rings (SSSR count). The van der Waals surface area contributed by atoms with Crippen LogP contribution < -0.4 is 10.6 Å². The van der Waals surface area contributed by atoms with Crippen molar-refractivity contribution < 1.29 is 4.79 Å². The second-order valence-electron chi connectivity index (χ2n) is 4.91. The molecule has 4 heteroatoms. The molecular formula is C16H15ClN2O. The third-order valence-electron chi connectivity index (χ3n) is 3.53. The topological polar surface area (TPSA) is 41.1 Å². The summed E-state index contributed by atoms with van der Waals surface area (Å²) in [6.07, 6.45) is 0.749. The molecule has 0 fully saturated rings. The number of anilines is 2. The lowest BCUT2D eigenvalue weighted by Crippen LogP contribution is -2.33. The molecule has 2 aromatic carbocycles. The highest BCUT2D eigenvalue weighted by Gasteiger charge is 2.24. The third kappa shape index (κ3) is 2.63. The molecule has 1 heterocycles. The molecule has 0 saturated carbocycles. The quantitative estimate of drug-likeness (QED) is 0.886. The minimum absolute atomic E-state index is 0.0000954. The van der Waals surface area contributed by atoms with Gasteiger partial charge < -0.3 is 10.6 Å². The zero-order valence-corrected chi connectivity index (χ0v) is 11.7. The molecule has 0 radical (unpaired) electrons. The molecule has 0 aromatic heterocycles. The highest BCUT2D eigenvalue weighted by Crippen LogP contribution is 2.26. The van der Waals surface area contributed by atoms with E-state index >= 15 is 0 Å². The van der Waals surface area contributed by atoms with Crippen LogP contribution in [0.25, 0.3) is 0 Å². The van der Waals surface area contributed by atoms with Gasteiger partial charge in [0.05, 0.1) is 16.6 Å². The summed E-state index contributed by atoms with van der Waals surface area (Å²) in [7, 11) is 0. The van der Waals surface area contributed by atoms with E-state index in [1.807, 2.05) is 36.4 Å². The van der Waals surface area contributed by atoms with Crippen molar-refractivity contribution >= 4 is 28.9 Å². The summed E-state index contributed by atoms with van der Waals surface area (Å²) in [5.74, 6) is -0.0822. The number of hydrogen-bond donors (Lipinski definition) is 2. The summed E-state index contributed by atoms with van der Waals surface area (Å²) >= 11 is 6.06. The van der Waals surface area contributed by atoms with Gasteiger partial charge in [0.1, 0.15) is 0 Å². The average Bonchev–Trinajstić information content (AvgIpc) is 2.49. The number of carbonyl (C=O) groups excluding carboxylic acids is 1. The lowest BCUT2D eigenvalue weighted by molar-refractivity contribution is -0.119. The number of benzene rings is 2. The summed E-state index contributed by atoms with van der Waals surface area (Å²) in [5.41, 5.74) is 2.96. The number of para-hydroxylation sites is 2. The Bertz CT molecular complexity index is 642. The van der Waals surface area contributed by atoms with Crippen LogP contribution in [0.15, 0.2) is 48.5 Å². The summed E-state index contributed by atoms with van der Waals surface area (Å²) < 4.78 is 0. The van der Waals surface area contributed by atoms with Gasteiger partial charge in [-0.25, -0.2) is 0 Å². The van der Waals surface area contributed by atoms with E-state index < -0.39 is 0 Å². The Morgan fingerprint density at radius 1 is 1.15 bits per heavy atom. The minimum atomic E-state index is -0.0822. The molecule has 2 aromatic rings. The molecule has 1 aliphatic rings. The van der Waals surface area contributed by atoms with Gasteiger partial charge in [0.15, 0.2) is 0 Å². The Morgan fingerprint density at radius 2 is 1.90 bits per heavy atom. The Labute approximate surface area is 123 Å². The molecule has 0 spiro atoms. The molecule has 1 amide bonds. The number of hydrogen-bond acceptors (Lipinski definition) is 2. The van der Waals surface area contributed by atoms with Gasteiger partial charge in [-0.1, -0.05) is 41.9 Å². The standard InChI is InChI=1S/C16H15ClN2O/c17-13-6-2-4-8-15(13)19-16(20)12-9-11-5-1-3-7-14(11)18-10-12/h1-8,12,18H,9-10H2,(H,19,20). The first-order valence-electron chi connectivity index (χ1n) is 6.61. The normalized spacial score (nSPS) is 16.9. The predicted octanol–water partition coefficient (Wildman–Crippen LogP) is 3.56. The maximum atomic E-state index is 12.3. The molecular weight excluding hydrogens is 272 g/mol. The molecule has 3 nitrogen and oxygen atoms in total. The molecule has 0 saturated heterocycles. The van der Waals surface area contributed by atoms with Gasteiger partial charge in [-0.3, -0.25) is 4.79 Å². The second kappa shape index (κ2) is 5.55. The first-order valence-corrected chi connectivity index (χ1v) is 6.99. The van der Waals surface area contributed by atoms with Crippen molar-refractivity contribution in [2.45, 2.75) is 6.42 Å². The highest BCUT2D eigenvalue weighted by atomic mass is 35.5. The number of nitrogens with one attached hydrogen (secondary N) is 2. The van der Waals surface area contributed by atoms with Crippen LogP contribution in [0.2, 0.25) is 5.02 Å². The monoisotopic (exact) mass is 286 g/mol. The van der Waals surface area contributed by atoms with E-state index in [4.69, 9.17) is 11.6 Å². The Hall–Kier alpha value is -2.00. The molecule has 0 aliphatic carbocycles. The fourth-order valence-electron chi connectivity index (χ4n) is 2.42. The molecule has 1 aliphatic heterocycles. The lowest BCUT2D eigenvalue weighted by Gasteiger charge is -2.25. The summed E-state index contributed by atoms with van der Waals surface area (Å²) in [6.45, 7) is 0.646. The first kappa shape index (κ1) is 13.0. The number of carbonyl (C=O) groups is 1. The molecule has 2 N–H and O–H groups in total. The molecule has 1 atom stereocenters. The van der Waals surface area contributed by atoms with Crippen molar-refractivity contribution in [1.29, 1.82) is 0 Å². The number of fused-ring (bicyclic) bond motifs is 1. The van der Waals surface area contributed by atoms with Gasteiger partial charge >= 0.3 is 0 Å². The smallest absolute Gasteiger partial charge is 0.229 e. The van der Waals surface area contributed by atoms with Gasteiger partial charge in [0.25, 0.3) is 0 Å². The molecule has 102 valence electrons. The summed E-state index contributed by atoms with van der Waals surface area (Å²) in [4.78, 5) is 12.3. The molecule has 1 unspecified atom stereocenters. The highest BCUT2D eigenvalue weighted by molar-refractivity contribution is 6.33. The van der Waals surface area contributed by atoms with Crippen molar-refractivity contribution in [2.75, 3.05) is 17.2 Å².